The van der Waals surface area contributed by atoms with E-state index in [0.717, 1.165) is 44.1 Å². The number of hydrogen-bond donors (Lipinski definition) is 2. The van der Waals surface area contributed by atoms with E-state index in [2.05, 4.69) is 12.2 Å². The Bertz CT molecular complexity index is 276. The first-order valence-corrected chi connectivity index (χ1v) is 8.08. The van der Waals surface area contributed by atoms with E-state index < -0.39 is 5.97 Å². The molecule has 0 heterocycles. The van der Waals surface area contributed by atoms with E-state index in [1.165, 1.54) is 32.2 Å². The number of carboxylic acids is 1. The lowest BCUT2D eigenvalue weighted by molar-refractivity contribution is -0.143. The van der Waals surface area contributed by atoms with Crippen molar-refractivity contribution in [3.05, 3.63) is 0 Å². The molecule has 0 amide bonds. The quantitative estimate of drug-likeness (QED) is 0.803. The third-order valence-corrected chi connectivity index (χ3v) is 5.20. The molecule has 0 aliphatic heterocycles. The molecule has 19 heavy (non-hydrogen) atoms. The predicted molar refractivity (Wildman–Crippen MR) is 77.1 cm³/mol. The van der Waals surface area contributed by atoms with Crippen molar-refractivity contribution in [1.29, 1.82) is 0 Å². The zero-order valence-electron chi connectivity index (χ0n) is 12.2. The van der Waals surface area contributed by atoms with Crippen LogP contribution in [0.25, 0.3) is 0 Å². The Kier molecular flexibility index (Phi) is 5.68. The van der Waals surface area contributed by atoms with E-state index in [1.54, 1.807) is 0 Å². The van der Waals surface area contributed by atoms with Gasteiger partial charge < -0.3 is 10.4 Å². The first-order chi connectivity index (χ1) is 9.15. The molecular formula is C16H29NO2. The highest BCUT2D eigenvalue weighted by Gasteiger charge is 2.26. The maximum absolute atomic E-state index is 10.9. The molecule has 0 aromatic rings. The molecule has 110 valence electrons. The van der Waals surface area contributed by atoms with Crippen LogP contribution in [0.4, 0.5) is 0 Å². The average molecular weight is 267 g/mol. The standard InChI is InChI=1S/C16H29NO2/c1-12-2-4-13(5-3-12)10-17-11-14-6-8-15(9-7-14)16(18)19/h12-15,17H,2-11H2,1H3,(H,18,19). The van der Waals surface area contributed by atoms with Gasteiger partial charge in [0.25, 0.3) is 0 Å². The lowest BCUT2D eigenvalue weighted by atomic mass is 9.81. The van der Waals surface area contributed by atoms with Gasteiger partial charge in [-0.2, -0.15) is 0 Å². The minimum atomic E-state index is -0.595. The van der Waals surface area contributed by atoms with Crippen LogP contribution in [-0.4, -0.2) is 24.2 Å². The van der Waals surface area contributed by atoms with Crippen molar-refractivity contribution in [3.8, 4) is 0 Å². The number of carboxylic acid groups (broad SMARTS) is 1. The van der Waals surface area contributed by atoms with Crippen LogP contribution in [-0.2, 0) is 4.79 Å². The average Bonchev–Trinajstić information content (AvgIpc) is 2.41. The Balaban J connectivity index is 1.56. The Morgan fingerprint density at radius 1 is 0.947 bits per heavy atom. The van der Waals surface area contributed by atoms with Crippen LogP contribution in [0.1, 0.15) is 58.3 Å². The highest BCUT2D eigenvalue weighted by atomic mass is 16.4. The van der Waals surface area contributed by atoms with Gasteiger partial charge in [-0.3, -0.25) is 4.79 Å². The van der Waals surface area contributed by atoms with Gasteiger partial charge in [-0.1, -0.05) is 19.8 Å². The molecule has 0 spiro atoms. The van der Waals surface area contributed by atoms with Crippen molar-refractivity contribution in [2.45, 2.75) is 58.3 Å². The number of aliphatic carboxylic acids is 1. The smallest absolute Gasteiger partial charge is 0.306 e. The first kappa shape index (κ1) is 14.8. The zero-order valence-corrected chi connectivity index (χ0v) is 12.2. The molecule has 0 radical (unpaired) electrons. The molecule has 2 saturated carbocycles. The third kappa shape index (κ3) is 4.79. The third-order valence-electron chi connectivity index (χ3n) is 5.20. The summed E-state index contributed by atoms with van der Waals surface area (Å²) in [5.41, 5.74) is 0. The first-order valence-electron chi connectivity index (χ1n) is 8.08. The van der Waals surface area contributed by atoms with Crippen molar-refractivity contribution in [2.75, 3.05) is 13.1 Å². The van der Waals surface area contributed by atoms with E-state index in [9.17, 15) is 4.79 Å². The van der Waals surface area contributed by atoms with Crippen molar-refractivity contribution < 1.29 is 9.90 Å². The fourth-order valence-corrected chi connectivity index (χ4v) is 3.64. The second-order valence-electron chi connectivity index (χ2n) is 6.84. The van der Waals surface area contributed by atoms with E-state index in [-0.39, 0.29) is 5.92 Å². The van der Waals surface area contributed by atoms with Gasteiger partial charge in [-0.05, 0) is 69.4 Å². The second-order valence-corrected chi connectivity index (χ2v) is 6.84. The van der Waals surface area contributed by atoms with Gasteiger partial charge in [0.15, 0.2) is 0 Å². The van der Waals surface area contributed by atoms with Crippen LogP contribution in [0, 0.1) is 23.7 Å². The molecule has 0 saturated heterocycles. The molecule has 0 aromatic heterocycles. The van der Waals surface area contributed by atoms with Crippen LogP contribution in [0.2, 0.25) is 0 Å². The second kappa shape index (κ2) is 7.28. The van der Waals surface area contributed by atoms with E-state index >= 15 is 0 Å². The van der Waals surface area contributed by atoms with Crippen molar-refractivity contribution >= 4 is 5.97 Å². The highest BCUT2D eigenvalue weighted by molar-refractivity contribution is 5.69. The lowest BCUT2D eigenvalue weighted by Gasteiger charge is -2.29. The maximum Gasteiger partial charge on any atom is 0.306 e. The molecule has 0 atom stereocenters. The summed E-state index contributed by atoms with van der Waals surface area (Å²) in [6.45, 7) is 4.63. The van der Waals surface area contributed by atoms with Gasteiger partial charge in [0.2, 0.25) is 0 Å². The van der Waals surface area contributed by atoms with Gasteiger partial charge in [0.1, 0.15) is 0 Å². The van der Waals surface area contributed by atoms with Gasteiger partial charge >= 0.3 is 5.97 Å². The summed E-state index contributed by atoms with van der Waals surface area (Å²) in [5.74, 6) is 1.85. The molecule has 3 heteroatoms. The van der Waals surface area contributed by atoms with Crippen molar-refractivity contribution in [2.24, 2.45) is 23.7 Å². The summed E-state index contributed by atoms with van der Waals surface area (Å²) in [6, 6.07) is 0. The van der Waals surface area contributed by atoms with Crippen molar-refractivity contribution in [3.63, 3.8) is 0 Å². The topological polar surface area (TPSA) is 49.3 Å². The predicted octanol–water partition coefficient (Wildman–Crippen LogP) is 3.29. The van der Waals surface area contributed by atoms with Gasteiger partial charge in [-0.25, -0.2) is 0 Å². The Morgan fingerprint density at radius 3 is 1.89 bits per heavy atom. The number of carbonyl (C=O) groups is 1. The lowest BCUT2D eigenvalue weighted by Crippen LogP contribution is -2.32. The molecule has 0 bridgehead atoms. The molecule has 2 fully saturated rings. The van der Waals surface area contributed by atoms with E-state index in [1.807, 2.05) is 0 Å². The van der Waals surface area contributed by atoms with Gasteiger partial charge in [-0.15, -0.1) is 0 Å². The molecule has 0 aromatic carbocycles. The van der Waals surface area contributed by atoms with E-state index in [4.69, 9.17) is 5.11 Å². The summed E-state index contributed by atoms with van der Waals surface area (Å²) in [5, 5.41) is 12.6. The largest absolute Gasteiger partial charge is 0.481 e. The summed E-state index contributed by atoms with van der Waals surface area (Å²) >= 11 is 0. The number of nitrogens with one attached hydrogen (secondary N) is 1. The minimum absolute atomic E-state index is 0.0731. The van der Waals surface area contributed by atoms with Crippen LogP contribution in [0.3, 0.4) is 0 Å². The SMILES string of the molecule is CC1CCC(CNCC2CCC(C(=O)O)CC2)CC1. The van der Waals surface area contributed by atoms with Gasteiger partial charge in [0, 0.05) is 0 Å². The Hall–Kier alpha value is -0.570. The number of rotatable bonds is 5. The summed E-state index contributed by atoms with van der Waals surface area (Å²) in [7, 11) is 0. The summed E-state index contributed by atoms with van der Waals surface area (Å²) in [4.78, 5) is 10.9. The van der Waals surface area contributed by atoms with Crippen LogP contribution in [0.15, 0.2) is 0 Å². The molecule has 0 unspecified atom stereocenters. The molecule has 3 nitrogen and oxygen atoms in total. The summed E-state index contributed by atoms with van der Waals surface area (Å²) < 4.78 is 0. The van der Waals surface area contributed by atoms with Gasteiger partial charge in [0.05, 0.1) is 5.92 Å². The van der Waals surface area contributed by atoms with Crippen LogP contribution in [0.5, 0.6) is 0 Å². The zero-order chi connectivity index (χ0) is 13.7. The highest BCUT2D eigenvalue weighted by Crippen LogP contribution is 2.29. The van der Waals surface area contributed by atoms with Crippen LogP contribution >= 0.6 is 0 Å². The molecule has 2 N–H and O–H groups in total. The molecule has 2 aliphatic rings. The monoisotopic (exact) mass is 267 g/mol. The number of hydrogen-bond acceptors (Lipinski definition) is 2. The van der Waals surface area contributed by atoms with Crippen LogP contribution < -0.4 is 5.32 Å². The molecule has 2 rings (SSSR count). The summed E-state index contributed by atoms with van der Waals surface area (Å²) in [6.07, 6.45) is 9.51. The Morgan fingerprint density at radius 2 is 1.42 bits per heavy atom. The Labute approximate surface area is 117 Å². The molecular weight excluding hydrogens is 238 g/mol. The fourth-order valence-electron chi connectivity index (χ4n) is 3.64. The molecule has 2 aliphatic carbocycles. The van der Waals surface area contributed by atoms with E-state index in [0.29, 0.717) is 5.92 Å². The maximum atomic E-state index is 10.9. The fraction of sp³-hybridized carbons (Fsp3) is 0.938. The van der Waals surface area contributed by atoms with Crippen molar-refractivity contribution in [1.82, 2.24) is 5.32 Å². The normalized spacial score (nSPS) is 36.1. The minimum Gasteiger partial charge on any atom is -0.481 e.